The van der Waals surface area contributed by atoms with Crippen molar-refractivity contribution in [3.05, 3.63) is 47.7 Å². The van der Waals surface area contributed by atoms with Gasteiger partial charge in [-0.2, -0.15) is 0 Å². The van der Waals surface area contributed by atoms with Gasteiger partial charge in [0.05, 0.1) is 12.4 Å². The van der Waals surface area contributed by atoms with Crippen LogP contribution in [0.2, 0.25) is 0 Å². The number of aromatic nitrogens is 6. The van der Waals surface area contributed by atoms with Crippen LogP contribution in [0.25, 0.3) is 0 Å². The van der Waals surface area contributed by atoms with Crippen molar-refractivity contribution in [1.29, 1.82) is 0 Å². The quantitative estimate of drug-likeness (QED) is 0.249. The van der Waals surface area contributed by atoms with Gasteiger partial charge in [0.2, 0.25) is 6.41 Å². The molecule has 3 rings (SSSR count). The summed E-state index contributed by atoms with van der Waals surface area (Å²) in [6.45, 7) is 0.642. The number of benzene rings is 1. The first-order valence-corrected chi connectivity index (χ1v) is 9.56. The summed E-state index contributed by atoms with van der Waals surface area (Å²) in [5, 5.41) is 19.9. The van der Waals surface area contributed by atoms with E-state index < -0.39 is 23.8 Å². The van der Waals surface area contributed by atoms with Crippen molar-refractivity contribution >= 4 is 18.1 Å². The zero-order chi connectivity index (χ0) is 23.8. The molecule has 0 unspecified atom stereocenters. The summed E-state index contributed by atoms with van der Waals surface area (Å²) < 4.78 is 57.6. The summed E-state index contributed by atoms with van der Waals surface area (Å²) in [5.41, 5.74) is -0.212. The number of unbranched alkanes of at least 4 members (excludes halogenated alkanes) is 1. The molecular weight excluding hydrogens is 452 g/mol. The number of halogens is 4. The Labute approximate surface area is 183 Å². The number of ether oxygens (including phenoxy) is 1. The molecular formula is C18H18F4N8O3. The van der Waals surface area contributed by atoms with E-state index in [0.717, 1.165) is 18.2 Å². The maximum absolute atomic E-state index is 13.8. The number of nitrogens with zero attached hydrogens (tertiary/aromatic N) is 6. The minimum absolute atomic E-state index is 0.0287. The van der Waals surface area contributed by atoms with Gasteiger partial charge in [-0.25, -0.2) is 4.39 Å². The van der Waals surface area contributed by atoms with Crippen molar-refractivity contribution in [2.24, 2.45) is 0 Å². The second-order valence-electron chi connectivity index (χ2n) is 6.69. The lowest BCUT2D eigenvalue weighted by Crippen LogP contribution is -2.24. The summed E-state index contributed by atoms with van der Waals surface area (Å²) in [4.78, 5) is 22.6. The van der Waals surface area contributed by atoms with Gasteiger partial charge >= 0.3 is 6.36 Å². The molecule has 3 aromatic rings. The van der Waals surface area contributed by atoms with Gasteiger partial charge in [-0.05, 0) is 31.0 Å². The number of nitrogens with one attached hydrogen (secondary N) is 2. The number of hydrogen-bond donors (Lipinski definition) is 2. The fourth-order valence-electron chi connectivity index (χ4n) is 2.74. The third-order valence-corrected chi connectivity index (χ3v) is 4.23. The highest BCUT2D eigenvalue weighted by molar-refractivity contribution is 5.91. The van der Waals surface area contributed by atoms with Crippen molar-refractivity contribution in [3.8, 4) is 5.75 Å². The van der Waals surface area contributed by atoms with Gasteiger partial charge in [0.15, 0.2) is 11.5 Å². The number of aryl methyl sites for hydroxylation is 2. The van der Waals surface area contributed by atoms with Crippen molar-refractivity contribution in [1.82, 2.24) is 35.3 Å². The third-order valence-electron chi connectivity index (χ3n) is 4.23. The first-order chi connectivity index (χ1) is 15.7. The Kier molecular flexibility index (Phi) is 7.53. The van der Waals surface area contributed by atoms with Crippen LogP contribution in [-0.2, 0) is 24.4 Å². The molecule has 15 heteroatoms. The molecule has 33 heavy (non-hydrogen) atoms. The largest absolute Gasteiger partial charge is 0.573 e. The summed E-state index contributed by atoms with van der Waals surface area (Å²) >= 11 is 0. The molecule has 2 aromatic heterocycles. The molecule has 0 radical (unpaired) electrons. The van der Waals surface area contributed by atoms with Crippen LogP contribution < -0.4 is 15.4 Å². The van der Waals surface area contributed by atoms with Gasteiger partial charge in [0, 0.05) is 25.2 Å². The first-order valence-electron chi connectivity index (χ1n) is 9.56. The minimum atomic E-state index is -4.91. The number of alkyl halides is 3. The molecule has 0 saturated heterocycles. The molecule has 176 valence electrons. The smallest absolute Gasteiger partial charge is 0.406 e. The van der Waals surface area contributed by atoms with Gasteiger partial charge in [-0.3, -0.25) is 19.0 Å². The van der Waals surface area contributed by atoms with Crippen LogP contribution in [0.4, 0.5) is 23.4 Å². The van der Waals surface area contributed by atoms with E-state index in [4.69, 9.17) is 0 Å². The monoisotopic (exact) mass is 470 g/mol. The maximum atomic E-state index is 13.8. The summed E-state index contributed by atoms with van der Waals surface area (Å²) in [7, 11) is 0. The molecule has 2 N–H and O–H groups in total. The van der Waals surface area contributed by atoms with E-state index in [0.29, 0.717) is 38.2 Å². The van der Waals surface area contributed by atoms with Crippen LogP contribution in [0, 0.1) is 5.82 Å². The molecule has 2 heterocycles. The number of rotatable bonds is 11. The molecule has 0 atom stereocenters. The SMILES string of the molecule is O=CNc1cn(CCCCn2cc(C(=O)NCc3cc(OC(F)(F)F)ccc3F)nn2)nn1. The highest BCUT2D eigenvalue weighted by atomic mass is 19.4. The van der Waals surface area contributed by atoms with Crippen molar-refractivity contribution in [2.45, 2.75) is 38.8 Å². The fourth-order valence-corrected chi connectivity index (χ4v) is 2.74. The molecule has 0 spiro atoms. The number of amides is 2. The van der Waals surface area contributed by atoms with E-state index in [2.05, 4.69) is 36.0 Å². The molecule has 2 amide bonds. The Morgan fingerprint density at radius 3 is 2.48 bits per heavy atom. The van der Waals surface area contributed by atoms with Crippen LogP contribution in [0.3, 0.4) is 0 Å². The Morgan fingerprint density at radius 1 is 1.09 bits per heavy atom. The molecule has 0 aliphatic heterocycles. The van der Waals surface area contributed by atoms with Crippen molar-refractivity contribution < 1.29 is 31.9 Å². The second kappa shape index (κ2) is 10.5. The average Bonchev–Trinajstić information content (AvgIpc) is 3.40. The number of hydrogen-bond acceptors (Lipinski definition) is 7. The van der Waals surface area contributed by atoms with E-state index in [-0.39, 0.29) is 17.8 Å². The molecule has 0 aliphatic rings. The van der Waals surface area contributed by atoms with E-state index in [1.165, 1.54) is 10.9 Å². The number of carbonyl (C=O) groups is 2. The fraction of sp³-hybridized carbons (Fsp3) is 0.333. The topological polar surface area (TPSA) is 129 Å². The zero-order valence-electron chi connectivity index (χ0n) is 16.9. The van der Waals surface area contributed by atoms with E-state index >= 15 is 0 Å². The normalized spacial score (nSPS) is 11.3. The first kappa shape index (κ1) is 23.6. The van der Waals surface area contributed by atoms with Crippen molar-refractivity contribution in [2.75, 3.05) is 5.32 Å². The highest BCUT2D eigenvalue weighted by Gasteiger charge is 2.31. The summed E-state index contributed by atoms with van der Waals surface area (Å²) in [5.74, 6) is -1.71. The third kappa shape index (κ3) is 7.26. The molecule has 0 saturated carbocycles. The van der Waals surface area contributed by atoms with Crippen LogP contribution in [0.5, 0.6) is 5.75 Å². The lowest BCUT2D eigenvalue weighted by molar-refractivity contribution is -0.274. The molecule has 1 aromatic carbocycles. The van der Waals surface area contributed by atoms with Crippen LogP contribution >= 0.6 is 0 Å². The van der Waals surface area contributed by atoms with Gasteiger partial charge in [-0.1, -0.05) is 10.4 Å². The Balaban J connectivity index is 1.45. The molecule has 0 bridgehead atoms. The van der Waals surface area contributed by atoms with Crippen LogP contribution in [0.1, 0.15) is 28.9 Å². The molecule has 0 fully saturated rings. The summed E-state index contributed by atoms with van der Waals surface area (Å²) in [6, 6.07) is 2.51. The number of carbonyl (C=O) groups excluding carboxylic acids is 2. The van der Waals surface area contributed by atoms with Gasteiger partial charge < -0.3 is 15.4 Å². The molecule has 0 aliphatic carbocycles. The zero-order valence-corrected chi connectivity index (χ0v) is 16.9. The second-order valence-corrected chi connectivity index (χ2v) is 6.69. The van der Waals surface area contributed by atoms with Crippen molar-refractivity contribution in [3.63, 3.8) is 0 Å². The molecule has 11 nitrogen and oxygen atoms in total. The average molecular weight is 470 g/mol. The van der Waals surface area contributed by atoms with Gasteiger partial charge in [0.1, 0.15) is 11.6 Å². The Bertz CT molecular complexity index is 1100. The minimum Gasteiger partial charge on any atom is -0.406 e. The predicted molar refractivity (Wildman–Crippen MR) is 103 cm³/mol. The highest BCUT2D eigenvalue weighted by Crippen LogP contribution is 2.24. The van der Waals surface area contributed by atoms with Gasteiger partial charge in [-0.15, -0.1) is 23.4 Å². The predicted octanol–water partition coefficient (Wildman–Crippen LogP) is 1.89. The van der Waals surface area contributed by atoms with E-state index in [1.807, 2.05) is 0 Å². The van der Waals surface area contributed by atoms with E-state index in [1.54, 1.807) is 10.9 Å². The lowest BCUT2D eigenvalue weighted by atomic mass is 10.2. The Hall–Kier alpha value is -4.04. The lowest BCUT2D eigenvalue weighted by Gasteiger charge is -2.11. The number of anilines is 1. The summed E-state index contributed by atoms with van der Waals surface area (Å²) in [6.07, 6.45) is -0.0409. The van der Waals surface area contributed by atoms with Crippen LogP contribution in [-0.4, -0.2) is 48.7 Å². The standard InChI is InChI=1S/C18H18F4N8O3/c19-14-4-3-13(33-18(20,21)22)7-12(14)8-23-17(32)15-9-29(27-25-15)5-1-2-6-30-10-16(24-11-31)26-28-30/h3-4,7,9-11H,1-2,5-6,8H2,(H,23,32)(H,24,31). The maximum Gasteiger partial charge on any atom is 0.573 e. The van der Waals surface area contributed by atoms with E-state index in [9.17, 15) is 27.2 Å². The Morgan fingerprint density at radius 2 is 1.79 bits per heavy atom. The van der Waals surface area contributed by atoms with Crippen LogP contribution in [0.15, 0.2) is 30.6 Å². The van der Waals surface area contributed by atoms with Gasteiger partial charge in [0.25, 0.3) is 5.91 Å².